The summed E-state index contributed by atoms with van der Waals surface area (Å²) in [5.74, 6) is -1.81. The smallest absolute Gasteiger partial charge is 0.341 e. The maximum atomic E-state index is 16.0. The number of carbonyl (C=O) groups is 1. The van der Waals surface area contributed by atoms with E-state index in [2.05, 4.69) is 25.7 Å². The molecule has 0 radical (unpaired) electrons. The first kappa shape index (κ1) is 27.4. The molecule has 1 unspecified atom stereocenters. The van der Waals surface area contributed by atoms with Crippen molar-refractivity contribution in [2.75, 3.05) is 63.5 Å². The van der Waals surface area contributed by atoms with Gasteiger partial charge in [-0.15, -0.1) is 0 Å². The monoisotopic (exact) mass is 576 g/mol. The quantitative estimate of drug-likeness (QED) is 0.229. The van der Waals surface area contributed by atoms with Gasteiger partial charge in [0.15, 0.2) is 5.65 Å². The second kappa shape index (κ2) is 9.94. The summed E-state index contributed by atoms with van der Waals surface area (Å²) >= 11 is 0. The Bertz CT molecular complexity index is 1950. The molecular weight excluding hydrogens is 546 g/mol. The van der Waals surface area contributed by atoms with Gasteiger partial charge in [0.1, 0.15) is 22.7 Å². The predicted molar refractivity (Wildman–Crippen MR) is 160 cm³/mol. The van der Waals surface area contributed by atoms with Crippen molar-refractivity contribution in [2.45, 2.75) is 12.1 Å². The van der Waals surface area contributed by atoms with Crippen LogP contribution in [-0.2, 0) is 0 Å². The Kier molecular flexibility index (Phi) is 6.49. The number of hydrogen-bond donors (Lipinski definition) is 4. The lowest BCUT2D eigenvalue weighted by Crippen LogP contribution is -2.38. The molecule has 1 fully saturated rings. The largest absolute Gasteiger partial charge is 0.477 e. The normalized spacial score (nSPS) is 17.2. The second-order valence-electron chi connectivity index (χ2n) is 10.9. The second-order valence-corrected chi connectivity index (χ2v) is 10.9. The molecule has 1 saturated heterocycles. The van der Waals surface area contributed by atoms with Crippen LogP contribution in [0.4, 0.5) is 20.2 Å². The number of hydrogen-bond acceptors (Lipinski definition) is 8. The van der Waals surface area contributed by atoms with Crippen molar-refractivity contribution in [3.8, 4) is 11.1 Å². The molecule has 11 nitrogen and oxygen atoms in total. The van der Waals surface area contributed by atoms with Crippen LogP contribution in [0.2, 0.25) is 0 Å². The molecule has 0 saturated carbocycles. The Morgan fingerprint density at radius 3 is 2.67 bits per heavy atom. The fourth-order valence-corrected chi connectivity index (χ4v) is 6.05. The zero-order chi connectivity index (χ0) is 29.9. The van der Waals surface area contributed by atoms with Crippen LogP contribution < -0.4 is 21.1 Å². The molecule has 1 aliphatic heterocycles. The molecule has 1 aromatic carbocycles. The van der Waals surface area contributed by atoms with Crippen LogP contribution in [0.15, 0.2) is 41.6 Å². The van der Waals surface area contributed by atoms with Gasteiger partial charge in [0.05, 0.1) is 34.2 Å². The summed E-state index contributed by atoms with van der Waals surface area (Å²) in [4.78, 5) is 41.2. The maximum absolute atomic E-state index is 16.0. The number of aromatic amines is 1. The Labute approximate surface area is 238 Å². The average molecular weight is 577 g/mol. The maximum Gasteiger partial charge on any atom is 0.341 e. The van der Waals surface area contributed by atoms with Crippen LogP contribution in [-0.4, -0.2) is 89.1 Å². The van der Waals surface area contributed by atoms with Gasteiger partial charge in [-0.25, -0.2) is 28.2 Å². The van der Waals surface area contributed by atoms with Crippen LogP contribution >= 0.6 is 0 Å². The van der Waals surface area contributed by atoms with E-state index in [1.54, 1.807) is 32.6 Å². The average Bonchev–Trinajstić information content (AvgIpc) is 3.51. The van der Waals surface area contributed by atoms with E-state index in [9.17, 15) is 19.1 Å². The molecule has 6 rings (SSSR count). The number of carboxylic acids is 1. The van der Waals surface area contributed by atoms with E-state index >= 15 is 4.39 Å². The molecule has 0 aliphatic carbocycles. The Morgan fingerprint density at radius 2 is 1.98 bits per heavy atom. The van der Waals surface area contributed by atoms with Gasteiger partial charge in [-0.2, -0.15) is 0 Å². The van der Waals surface area contributed by atoms with Crippen molar-refractivity contribution in [1.29, 1.82) is 0 Å². The lowest BCUT2D eigenvalue weighted by Gasteiger charge is -2.27. The molecule has 0 amide bonds. The first-order valence-electron chi connectivity index (χ1n) is 13.4. The number of alkyl halides is 1. The highest BCUT2D eigenvalue weighted by molar-refractivity contribution is 6.18. The minimum absolute atomic E-state index is 0.0871. The number of halogens is 2. The number of nitrogens with zero attached hydrogens (tertiary/aromatic N) is 5. The third kappa shape index (κ3) is 4.36. The molecule has 0 bridgehead atoms. The molecule has 0 spiro atoms. The molecule has 13 heteroatoms. The van der Waals surface area contributed by atoms with Crippen LogP contribution in [0.25, 0.3) is 44.1 Å². The summed E-state index contributed by atoms with van der Waals surface area (Å²) in [5.41, 5.74) is 3.85. The number of fused-ring (bicyclic) bond motifs is 4. The molecule has 5 heterocycles. The number of anilines is 2. The first-order chi connectivity index (χ1) is 20.0. The number of pyridine rings is 3. The van der Waals surface area contributed by atoms with Gasteiger partial charge >= 0.3 is 5.97 Å². The van der Waals surface area contributed by atoms with E-state index in [0.717, 1.165) is 0 Å². The van der Waals surface area contributed by atoms with E-state index in [1.807, 2.05) is 23.9 Å². The van der Waals surface area contributed by atoms with Crippen LogP contribution in [0, 0.1) is 5.82 Å². The SMILES string of the molecule is CNc1cc(F)cc2c1[nH]c1ncc(-c3cnc4c(c3)c(=O)c(C(=O)O)cn4NC)c(N3CCC(F)(CN(C)C)C3)c12. The topological polar surface area (TPSA) is 131 Å². The third-order valence-corrected chi connectivity index (χ3v) is 7.78. The van der Waals surface area contributed by atoms with Gasteiger partial charge in [0, 0.05) is 68.7 Å². The van der Waals surface area contributed by atoms with E-state index in [0.29, 0.717) is 51.0 Å². The standard InChI is InChI=1S/C29H30F2N8O3/c1-32-21-9-16(30)8-17-22-24(38-6-5-29(31,14-38)13-37(3)4)19(11-34-26(22)36-23(17)21)15-7-18-25(40)20(28(41)42)12-39(33-2)27(18)35-10-15/h7-12,32-33H,5-6,13-14H2,1-4H3,(H,34,36)(H,41,42). The molecular formula is C29H30F2N8O3. The van der Waals surface area contributed by atoms with Crippen molar-refractivity contribution in [1.82, 2.24) is 24.5 Å². The van der Waals surface area contributed by atoms with Crippen molar-refractivity contribution >= 4 is 50.3 Å². The molecule has 1 atom stereocenters. The lowest BCUT2D eigenvalue weighted by atomic mass is 10.0. The van der Waals surface area contributed by atoms with E-state index < -0.39 is 28.4 Å². The van der Waals surface area contributed by atoms with Gasteiger partial charge < -0.3 is 30.6 Å². The number of aromatic nitrogens is 4. The van der Waals surface area contributed by atoms with E-state index in [4.69, 9.17) is 0 Å². The van der Waals surface area contributed by atoms with Crippen LogP contribution in [0.1, 0.15) is 16.8 Å². The van der Waals surface area contributed by atoms with Crippen LogP contribution in [0.3, 0.4) is 0 Å². The molecule has 4 aromatic heterocycles. The first-order valence-corrected chi connectivity index (χ1v) is 13.4. The Hall–Kier alpha value is -4.78. The zero-order valence-electron chi connectivity index (χ0n) is 23.5. The number of H-pyrrole nitrogens is 1. The molecule has 218 valence electrons. The minimum Gasteiger partial charge on any atom is -0.477 e. The number of aromatic carboxylic acids is 1. The van der Waals surface area contributed by atoms with E-state index in [-0.39, 0.29) is 30.5 Å². The highest BCUT2D eigenvalue weighted by Crippen LogP contribution is 2.44. The minimum atomic E-state index is -1.48. The lowest BCUT2D eigenvalue weighted by molar-refractivity contribution is 0.0695. The van der Waals surface area contributed by atoms with Gasteiger partial charge in [-0.05, 0) is 32.3 Å². The van der Waals surface area contributed by atoms with Crippen molar-refractivity contribution in [3.63, 3.8) is 0 Å². The fourth-order valence-electron chi connectivity index (χ4n) is 6.05. The van der Waals surface area contributed by atoms with E-state index in [1.165, 1.54) is 23.0 Å². The molecule has 5 aromatic rings. The van der Waals surface area contributed by atoms with Gasteiger partial charge in [0.2, 0.25) is 5.43 Å². The summed E-state index contributed by atoms with van der Waals surface area (Å²) in [6.07, 6.45) is 4.66. The highest BCUT2D eigenvalue weighted by atomic mass is 19.1. The van der Waals surface area contributed by atoms with Gasteiger partial charge in [-0.1, -0.05) is 0 Å². The zero-order valence-corrected chi connectivity index (χ0v) is 23.5. The Balaban J connectivity index is 1.65. The van der Waals surface area contributed by atoms with Gasteiger partial charge in [0.25, 0.3) is 0 Å². The number of rotatable bonds is 7. The number of benzene rings is 1. The van der Waals surface area contributed by atoms with Gasteiger partial charge in [-0.3, -0.25) is 4.79 Å². The summed E-state index contributed by atoms with van der Waals surface area (Å²) in [6.45, 7) is 0.724. The number of nitrogens with one attached hydrogen (secondary N) is 3. The summed E-state index contributed by atoms with van der Waals surface area (Å²) in [5, 5.41) is 13.9. The molecule has 4 N–H and O–H groups in total. The Morgan fingerprint density at radius 1 is 1.19 bits per heavy atom. The van der Waals surface area contributed by atoms with Crippen molar-refractivity contribution in [2.24, 2.45) is 0 Å². The fraction of sp³-hybridized carbons (Fsp3) is 0.310. The highest BCUT2D eigenvalue weighted by Gasteiger charge is 2.40. The summed E-state index contributed by atoms with van der Waals surface area (Å²) < 4.78 is 32.2. The predicted octanol–water partition coefficient (Wildman–Crippen LogP) is 3.63. The summed E-state index contributed by atoms with van der Waals surface area (Å²) in [6, 6.07) is 4.38. The summed E-state index contributed by atoms with van der Waals surface area (Å²) in [7, 11) is 6.93. The number of carboxylic acid groups (broad SMARTS) is 1. The molecule has 1 aliphatic rings. The van der Waals surface area contributed by atoms with Crippen LogP contribution in [0.5, 0.6) is 0 Å². The third-order valence-electron chi connectivity index (χ3n) is 7.78. The van der Waals surface area contributed by atoms with Crippen molar-refractivity contribution < 1.29 is 18.7 Å². The van der Waals surface area contributed by atoms with Crippen molar-refractivity contribution in [3.05, 3.63) is 58.4 Å². The molecule has 42 heavy (non-hydrogen) atoms.